The summed E-state index contributed by atoms with van der Waals surface area (Å²) in [5, 5.41) is 2.60. The monoisotopic (exact) mass is 157 g/mol. The summed E-state index contributed by atoms with van der Waals surface area (Å²) < 4.78 is 9.65. The molecule has 0 aromatic carbocycles. The van der Waals surface area contributed by atoms with Crippen molar-refractivity contribution < 1.29 is 14.3 Å². The van der Waals surface area contributed by atoms with Crippen molar-refractivity contribution in [3.8, 4) is 0 Å². The Balaban J connectivity index is 2.49. The molecule has 1 aliphatic rings. The minimum Gasteiger partial charge on any atom is -0.417 e. The molecule has 0 saturated carbocycles. The number of methoxy groups -OCH3 is 1. The number of nitrogens with one attached hydrogen (secondary N) is 1. The van der Waals surface area contributed by atoms with Gasteiger partial charge < -0.3 is 14.8 Å². The van der Waals surface area contributed by atoms with Gasteiger partial charge in [0.1, 0.15) is 0 Å². The van der Waals surface area contributed by atoms with E-state index in [4.69, 9.17) is 9.47 Å². The fourth-order valence-electron chi connectivity index (χ4n) is 1.00. The van der Waals surface area contributed by atoms with Gasteiger partial charge in [0.2, 0.25) is 6.29 Å². The van der Waals surface area contributed by atoms with Crippen LogP contribution >= 0.6 is 0 Å². The number of hydrogen-bond donors (Lipinski definition) is 1. The number of carbonyl (C=O) groups is 1. The van der Waals surface area contributed by atoms with Crippen LogP contribution in [0.5, 0.6) is 0 Å². The highest BCUT2D eigenvalue weighted by molar-refractivity contribution is 5.69. The van der Waals surface area contributed by atoms with Crippen LogP contribution in [0.4, 0.5) is 4.79 Å². The van der Waals surface area contributed by atoms with E-state index >= 15 is 0 Å². The van der Waals surface area contributed by atoms with Gasteiger partial charge in [-0.3, -0.25) is 0 Å². The quantitative estimate of drug-likeness (QED) is 0.611. The molecule has 1 saturated heterocycles. The summed E-state index contributed by atoms with van der Waals surface area (Å²) in [6.45, 7) is 3.56. The van der Waals surface area contributed by atoms with Crippen LogP contribution < -0.4 is 5.32 Å². The molecule has 11 heavy (non-hydrogen) atoms. The summed E-state index contributed by atoms with van der Waals surface area (Å²) in [7, 11) is 1.50. The maximum atomic E-state index is 10.6. The van der Waals surface area contributed by atoms with Gasteiger partial charge in [0.15, 0.2) is 0 Å². The van der Waals surface area contributed by atoms with E-state index in [0.29, 0.717) is 6.42 Å². The molecule has 0 aromatic heterocycles. The molecule has 0 aromatic rings. The van der Waals surface area contributed by atoms with E-state index < -0.39 is 12.4 Å². The molecule has 4 nitrogen and oxygen atoms in total. The summed E-state index contributed by atoms with van der Waals surface area (Å²) in [5.74, 6) is 0. The fourth-order valence-corrected chi connectivity index (χ4v) is 1.00. The van der Waals surface area contributed by atoms with Gasteiger partial charge in [0.25, 0.3) is 0 Å². The number of carbonyl (C=O) groups excluding carboxylic acids is 1. The molecule has 1 heterocycles. The van der Waals surface area contributed by atoms with Gasteiger partial charge in [0, 0.05) is 7.11 Å². The third-order valence-corrected chi connectivity index (χ3v) is 1.51. The Morgan fingerprint density at radius 3 is 3.18 bits per heavy atom. The Bertz CT molecular complexity index is 169. The van der Waals surface area contributed by atoms with E-state index in [2.05, 4.69) is 11.9 Å². The first-order valence-electron chi connectivity index (χ1n) is 3.38. The van der Waals surface area contributed by atoms with Crippen molar-refractivity contribution in [1.82, 2.24) is 5.32 Å². The van der Waals surface area contributed by atoms with E-state index in [1.54, 1.807) is 6.08 Å². The summed E-state index contributed by atoms with van der Waals surface area (Å²) in [4.78, 5) is 10.6. The summed E-state index contributed by atoms with van der Waals surface area (Å²) in [6.07, 6.45) is 1.47. The van der Waals surface area contributed by atoms with E-state index in [9.17, 15) is 4.79 Å². The second-order valence-electron chi connectivity index (χ2n) is 2.28. The van der Waals surface area contributed by atoms with Crippen LogP contribution in [0.15, 0.2) is 12.7 Å². The Labute approximate surface area is 65.2 Å². The van der Waals surface area contributed by atoms with Crippen molar-refractivity contribution in [3.63, 3.8) is 0 Å². The van der Waals surface area contributed by atoms with Crippen LogP contribution in [0.1, 0.15) is 6.42 Å². The Kier molecular flexibility index (Phi) is 2.48. The lowest BCUT2D eigenvalue weighted by Gasteiger charge is -2.12. The van der Waals surface area contributed by atoms with Crippen molar-refractivity contribution in [3.05, 3.63) is 12.7 Å². The zero-order valence-electron chi connectivity index (χ0n) is 6.37. The van der Waals surface area contributed by atoms with Crippen molar-refractivity contribution >= 4 is 6.09 Å². The normalized spacial score (nSPS) is 29.4. The Hall–Kier alpha value is -1.03. The number of rotatable bonds is 3. The number of ether oxygens (including phenoxy) is 2. The van der Waals surface area contributed by atoms with Gasteiger partial charge in [-0.05, 0) is 6.42 Å². The molecule has 1 aliphatic heterocycles. The Morgan fingerprint density at radius 1 is 1.91 bits per heavy atom. The summed E-state index contributed by atoms with van der Waals surface area (Å²) in [6, 6.07) is -0.0926. The van der Waals surface area contributed by atoms with Crippen LogP contribution in [-0.4, -0.2) is 25.5 Å². The molecule has 1 fully saturated rings. The molecular weight excluding hydrogens is 146 g/mol. The molecule has 1 amide bonds. The zero-order chi connectivity index (χ0) is 8.27. The highest BCUT2D eigenvalue weighted by atomic mass is 16.7. The second-order valence-corrected chi connectivity index (χ2v) is 2.28. The van der Waals surface area contributed by atoms with Crippen molar-refractivity contribution in [2.45, 2.75) is 18.8 Å². The third-order valence-electron chi connectivity index (χ3n) is 1.51. The maximum absolute atomic E-state index is 10.6. The number of amides is 1. The van der Waals surface area contributed by atoms with Crippen LogP contribution in [0.2, 0.25) is 0 Å². The minimum absolute atomic E-state index is 0.0926. The molecule has 62 valence electrons. The number of alkyl carbamates (subject to hydrolysis) is 1. The average Bonchev–Trinajstić information content (AvgIpc) is 2.32. The number of cyclic esters (lactones) is 1. The maximum Gasteiger partial charge on any atom is 0.409 e. The molecule has 2 atom stereocenters. The van der Waals surface area contributed by atoms with Crippen LogP contribution in [0.25, 0.3) is 0 Å². The van der Waals surface area contributed by atoms with Gasteiger partial charge >= 0.3 is 6.09 Å². The van der Waals surface area contributed by atoms with Crippen molar-refractivity contribution in [2.75, 3.05) is 7.11 Å². The lowest BCUT2D eigenvalue weighted by molar-refractivity contribution is -0.0669. The first-order valence-corrected chi connectivity index (χ1v) is 3.38. The smallest absolute Gasteiger partial charge is 0.409 e. The zero-order valence-corrected chi connectivity index (χ0v) is 6.37. The van der Waals surface area contributed by atoms with Gasteiger partial charge in [0.05, 0.1) is 6.04 Å². The molecule has 1 rings (SSSR count). The van der Waals surface area contributed by atoms with Crippen molar-refractivity contribution in [1.29, 1.82) is 0 Å². The Morgan fingerprint density at radius 2 is 2.64 bits per heavy atom. The van der Waals surface area contributed by atoms with E-state index in [0.717, 1.165) is 0 Å². The predicted octanol–water partition coefficient (Wildman–Crippen LogP) is 0.643. The first-order chi connectivity index (χ1) is 5.27. The standard InChI is InChI=1S/C7H11NO3/c1-3-4-5-6(10-2)11-7(9)8-5/h3,5-6H,1,4H2,2H3,(H,8,9). The SMILES string of the molecule is C=CCC1NC(=O)OC1OC. The molecular formula is C7H11NO3. The topological polar surface area (TPSA) is 47.6 Å². The average molecular weight is 157 g/mol. The lowest BCUT2D eigenvalue weighted by Crippen LogP contribution is -2.31. The molecule has 0 aliphatic carbocycles. The molecule has 0 bridgehead atoms. The molecule has 2 unspecified atom stereocenters. The summed E-state index contributed by atoms with van der Waals surface area (Å²) in [5.41, 5.74) is 0. The lowest BCUT2D eigenvalue weighted by atomic mass is 10.2. The van der Waals surface area contributed by atoms with Crippen LogP contribution in [-0.2, 0) is 9.47 Å². The first kappa shape index (κ1) is 8.07. The van der Waals surface area contributed by atoms with Crippen molar-refractivity contribution in [2.24, 2.45) is 0 Å². The van der Waals surface area contributed by atoms with E-state index in [1.165, 1.54) is 7.11 Å². The highest BCUT2D eigenvalue weighted by Crippen LogP contribution is 2.12. The summed E-state index contributed by atoms with van der Waals surface area (Å²) >= 11 is 0. The molecule has 0 radical (unpaired) electrons. The van der Waals surface area contributed by atoms with E-state index in [-0.39, 0.29) is 6.04 Å². The fraction of sp³-hybridized carbons (Fsp3) is 0.571. The largest absolute Gasteiger partial charge is 0.417 e. The predicted molar refractivity (Wildman–Crippen MR) is 39.0 cm³/mol. The number of hydrogen-bond acceptors (Lipinski definition) is 3. The molecule has 4 heteroatoms. The van der Waals surface area contributed by atoms with Gasteiger partial charge in [-0.15, -0.1) is 6.58 Å². The van der Waals surface area contributed by atoms with Gasteiger partial charge in [-0.2, -0.15) is 0 Å². The molecule has 1 N–H and O–H groups in total. The minimum atomic E-state index is -0.472. The molecule has 0 spiro atoms. The highest BCUT2D eigenvalue weighted by Gasteiger charge is 2.32. The third kappa shape index (κ3) is 1.71. The van der Waals surface area contributed by atoms with Gasteiger partial charge in [-0.1, -0.05) is 6.08 Å². The van der Waals surface area contributed by atoms with E-state index in [1.807, 2.05) is 0 Å². The van der Waals surface area contributed by atoms with Gasteiger partial charge in [-0.25, -0.2) is 4.79 Å². The second kappa shape index (κ2) is 3.39. The van der Waals surface area contributed by atoms with Crippen LogP contribution in [0.3, 0.4) is 0 Å². The van der Waals surface area contributed by atoms with Crippen LogP contribution in [0, 0.1) is 0 Å².